The van der Waals surface area contributed by atoms with Crippen LogP contribution in [0.2, 0.25) is 0 Å². The molecule has 0 spiro atoms. The zero-order valence-corrected chi connectivity index (χ0v) is 20.4. The molecule has 7 atom stereocenters. The number of carbonyl (C=O) groups is 1. The van der Waals surface area contributed by atoms with Crippen molar-refractivity contribution >= 4 is 5.97 Å². The number of hydrogen-bond acceptors (Lipinski definition) is 7. The lowest BCUT2D eigenvalue weighted by atomic mass is 9.57. The fraction of sp³-hybridized carbons (Fsp3) is 0.300. The Labute approximate surface area is 214 Å². The van der Waals surface area contributed by atoms with Crippen molar-refractivity contribution in [3.63, 3.8) is 0 Å². The molecule has 2 saturated carbocycles. The molecule has 7 heteroatoms. The number of pyridine rings is 2. The Morgan fingerprint density at radius 3 is 2.11 bits per heavy atom. The van der Waals surface area contributed by atoms with Gasteiger partial charge < -0.3 is 4.74 Å². The van der Waals surface area contributed by atoms with E-state index in [4.69, 9.17) is 14.9 Å². The van der Waals surface area contributed by atoms with Gasteiger partial charge in [-0.25, -0.2) is 4.79 Å². The Morgan fingerprint density at radius 2 is 1.51 bits per heavy atom. The average Bonchev–Trinajstić information content (AvgIpc) is 3.17. The molecule has 3 aliphatic carbocycles. The number of fused-ring (bicyclic) bond motifs is 11. The van der Waals surface area contributed by atoms with Gasteiger partial charge in [0.1, 0.15) is 16.9 Å². The van der Waals surface area contributed by atoms with Crippen molar-refractivity contribution in [3.05, 3.63) is 95.8 Å². The summed E-state index contributed by atoms with van der Waals surface area (Å²) < 4.78 is 5.45. The number of rotatable bonds is 5. The second kappa shape index (κ2) is 7.52. The first-order chi connectivity index (χ1) is 18.2. The van der Waals surface area contributed by atoms with Gasteiger partial charge in [-0.05, 0) is 65.1 Å². The minimum atomic E-state index is -0.553. The summed E-state index contributed by atoms with van der Waals surface area (Å²) in [7, 11) is 1.52. The topological polar surface area (TPSA) is 80.9 Å². The van der Waals surface area contributed by atoms with Gasteiger partial charge in [-0.15, -0.1) is 10.2 Å². The standard InChI is InChI=1S/C30H25N5O2/c1-37-29(36)30-25-19-15-18(24(25)28(30)35(30)16-17-9-3-2-4-10-17)22-23(19)27(21-12-6-8-14-32-21)34-33-26(22)20-11-5-7-13-31-20/h2-14,18-19,24-25,28H,15-16H2,1H3/t18-,19+,24-,25+,28+,30-,35?/m0/s1. The predicted molar refractivity (Wildman–Crippen MR) is 136 cm³/mol. The zero-order chi connectivity index (χ0) is 24.7. The molecule has 0 amide bonds. The summed E-state index contributed by atoms with van der Waals surface area (Å²) >= 11 is 0. The van der Waals surface area contributed by atoms with E-state index in [0.717, 1.165) is 35.7 Å². The van der Waals surface area contributed by atoms with Gasteiger partial charge in [0.05, 0.1) is 18.5 Å². The lowest BCUT2D eigenvalue weighted by Gasteiger charge is -2.44. The number of methoxy groups -OCH3 is 1. The highest BCUT2D eigenvalue weighted by Crippen LogP contribution is 2.80. The van der Waals surface area contributed by atoms with Crippen LogP contribution in [0.4, 0.5) is 0 Å². The first-order valence-electron chi connectivity index (χ1n) is 12.9. The normalized spacial score (nSPS) is 31.6. The molecule has 0 radical (unpaired) electrons. The Bertz CT molecular complexity index is 1530. The zero-order valence-electron chi connectivity index (χ0n) is 20.4. The molecule has 7 nitrogen and oxygen atoms in total. The van der Waals surface area contributed by atoms with E-state index < -0.39 is 5.54 Å². The fourth-order valence-corrected chi connectivity index (χ4v) is 8.02. The van der Waals surface area contributed by atoms with Crippen molar-refractivity contribution in [3.8, 4) is 22.8 Å². The number of likely N-dealkylation sites (tertiary alicyclic amines) is 1. The lowest BCUT2D eigenvalue weighted by Crippen LogP contribution is -2.54. The number of nitrogens with zero attached hydrogens (tertiary/aromatic N) is 5. The quantitative estimate of drug-likeness (QED) is 0.237. The second-order valence-electron chi connectivity index (χ2n) is 10.6. The highest BCUT2D eigenvalue weighted by Gasteiger charge is 2.89. The minimum absolute atomic E-state index is 0.102. The molecule has 1 aromatic carbocycles. The molecule has 4 aromatic rings. The molecular weight excluding hydrogens is 462 g/mol. The number of carbonyl (C=O) groups excluding carboxylic acids is 1. The van der Waals surface area contributed by atoms with Gasteiger partial charge in [-0.1, -0.05) is 42.5 Å². The fourth-order valence-electron chi connectivity index (χ4n) is 8.02. The van der Waals surface area contributed by atoms with E-state index in [0.29, 0.717) is 11.8 Å². The molecule has 1 aliphatic heterocycles. The Hall–Kier alpha value is -3.97. The SMILES string of the molecule is COC(=O)[C@]12[C@H]3[C@H]([C@H]4C[C@@H]3c3c(-c5ccccn5)nnc(-c5ccccn5)c34)[C@H]1N2Cc1ccccc1. The van der Waals surface area contributed by atoms with E-state index in [1.54, 1.807) is 12.4 Å². The van der Waals surface area contributed by atoms with E-state index >= 15 is 0 Å². The third-order valence-corrected chi connectivity index (χ3v) is 9.20. The number of hydrogen-bond donors (Lipinski definition) is 0. The van der Waals surface area contributed by atoms with Crippen LogP contribution in [-0.2, 0) is 16.1 Å². The van der Waals surface area contributed by atoms with Crippen LogP contribution in [0.25, 0.3) is 22.8 Å². The molecule has 3 aromatic heterocycles. The maximum Gasteiger partial charge on any atom is 0.328 e. The van der Waals surface area contributed by atoms with Crippen LogP contribution < -0.4 is 0 Å². The van der Waals surface area contributed by atoms with E-state index in [1.807, 2.05) is 42.5 Å². The second-order valence-corrected chi connectivity index (χ2v) is 10.6. The first-order valence-corrected chi connectivity index (χ1v) is 12.9. The minimum Gasteiger partial charge on any atom is -0.468 e. The summed E-state index contributed by atoms with van der Waals surface area (Å²) in [5, 5.41) is 9.47. The van der Waals surface area contributed by atoms with Crippen LogP contribution in [0.15, 0.2) is 79.1 Å². The molecule has 1 unspecified atom stereocenters. The third kappa shape index (κ3) is 2.62. The van der Waals surface area contributed by atoms with Crippen molar-refractivity contribution < 1.29 is 9.53 Å². The number of benzene rings is 1. The Morgan fingerprint density at radius 1 is 0.892 bits per heavy atom. The van der Waals surface area contributed by atoms with Crippen molar-refractivity contribution in [2.45, 2.75) is 36.4 Å². The molecule has 2 bridgehead atoms. The first kappa shape index (κ1) is 21.1. The van der Waals surface area contributed by atoms with Gasteiger partial charge in [0.15, 0.2) is 0 Å². The van der Waals surface area contributed by atoms with Crippen molar-refractivity contribution in [1.29, 1.82) is 0 Å². The summed E-state index contributed by atoms with van der Waals surface area (Å²) in [6.07, 6.45) is 4.61. The number of ether oxygens (including phenoxy) is 1. The highest BCUT2D eigenvalue weighted by molar-refractivity contribution is 5.91. The van der Waals surface area contributed by atoms with Gasteiger partial charge in [0.2, 0.25) is 0 Å². The third-order valence-electron chi connectivity index (χ3n) is 9.20. The number of aromatic nitrogens is 4. The number of esters is 1. The van der Waals surface area contributed by atoms with Gasteiger partial charge in [0.25, 0.3) is 0 Å². The van der Waals surface area contributed by atoms with Crippen molar-refractivity contribution in [2.75, 3.05) is 7.11 Å². The van der Waals surface area contributed by atoms with Crippen LogP contribution in [-0.4, -0.2) is 49.7 Å². The summed E-state index contributed by atoms with van der Waals surface area (Å²) in [5.74, 6) is 1.01. The molecular formula is C30H25N5O2. The molecule has 8 rings (SSSR count). The molecule has 182 valence electrons. The monoisotopic (exact) mass is 487 g/mol. The molecule has 37 heavy (non-hydrogen) atoms. The van der Waals surface area contributed by atoms with Gasteiger partial charge >= 0.3 is 5.97 Å². The smallest absolute Gasteiger partial charge is 0.328 e. The van der Waals surface area contributed by atoms with Crippen molar-refractivity contribution in [1.82, 2.24) is 25.1 Å². The van der Waals surface area contributed by atoms with E-state index in [2.05, 4.69) is 39.1 Å². The Kier molecular flexibility index (Phi) is 4.30. The van der Waals surface area contributed by atoms with Crippen LogP contribution in [0.1, 0.15) is 34.9 Å². The van der Waals surface area contributed by atoms with Crippen LogP contribution >= 0.6 is 0 Å². The highest BCUT2D eigenvalue weighted by atomic mass is 16.5. The predicted octanol–water partition coefficient (Wildman–Crippen LogP) is 4.23. The van der Waals surface area contributed by atoms with E-state index in [1.165, 1.54) is 23.8 Å². The molecule has 0 N–H and O–H groups in total. The molecule has 3 fully saturated rings. The molecule has 4 heterocycles. The van der Waals surface area contributed by atoms with Crippen LogP contribution in [0.3, 0.4) is 0 Å². The Balaban J connectivity index is 1.28. The van der Waals surface area contributed by atoms with Gasteiger partial charge in [0, 0.05) is 30.9 Å². The maximum atomic E-state index is 13.4. The molecule has 1 saturated heterocycles. The van der Waals surface area contributed by atoms with Gasteiger partial charge in [-0.2, -0.15) is 0 Å². The summed E-state index contributed by atoms with van der Waals surface area (Å²) in [6, 6.07) is 22.4. The summed E-state index contributed by atoms with van der Waals surface area (Å²) in [6.45, 7) is 0.750. The van der Waals surface area contributed by atoms with Crippen LogP contribution in [0.5, 0.6) is 0 Å². The maximum absolute atomic E-state index is 13.4. The van der Waals surface area contributed by atoms with E-state index in [9.17, 15) is 4.79 Å². The largest absolute Gasteiger partial charge is 0.468 e. The van der Waals surface area contributed by atoms with Gasteiger partial charge in [-0.3, -0.25) is 14.9 Å². The van der Waals surface area contributed by atoms with Crippen molar-refractivity contribution in [2.24, 2.45) is 11.8 Å². The van der Waals surface area contributed by atoms with E-state index in [-0.39, 0.29) is 23.8 Å². The molecule has 4 aliphatic rings. The average molecular weight is 488 g/mol. The van der Waals surface area contributed by atoms with Crippen LogP contribution in [0, 0.1) is 11.8 Å². The summed E-state index contributed by atoms with van der Waals surface area (Å²) in [5.41, 5.74) is 6.49. The lowest BCUT2D eigenvalue weighted by molar-refractivity contribution is -0.150. The summed E-state index contributed by atoms with van der Waals surface area (Å²) in [4.78, 5) is 25.1.